The van der Waals surface area contributed by atoms with E-state index in [2.05, 4.69) is 95.6 Å². The molecule has 206 valence electrons. The molecule has 45 heavy (non-hydrogen) atoms. The zero-order valence-corrected chi connectivity index (χ0v) is 24.5. The molecule has 0 saturated carbocycles. The molecule has 0 bridgehead atoms. The molecule has 0 aliphatic carbocycles. The Morgan fingerprint density at radius 3 is 2.04 bits per heavy atom. The van der Waals surface area contributed by atoms with Crippen LogP contribution in [0.2, 0.25) is 0 Å². The van der Waals surface area contributed by atoms with Gasteiger partial charge in [0.25, 0.3) is 13.4 Å². The summed E-state index contributed by atoms with van der Waals surface area (Å²) in [5, 5.41) is 5.14. The van der Waals surface area contributed by atoms with Crippen molar-refractivity contribution in [2.24, 2.45) is 0 Å². The predicted molar refractivity (Wildman–Crippen MR) is 185 cm³/mol. The maximum absolute atomic E-state index is 6.86. The lowest BCUT2D eigenvalue weighted by Gasteiger charge is -2.36. The molecule has 0 amide bonds. The monoisotopic (exact) mass is 591 g/mol. The summed E-state index contributed by atoms with van der Waals surface area (Å²) in [6, 6.07) is 41.0. The van der Waals surface area contributed by atoms with Crippen molar-refractivity contribution in [2.75, 3.05) is 0 Å². The van der Waals surface area contributed by atoms with Gasteiger partial charge in [-0.1, -0.05) is 66.7 Å². The van der Waals surface area contributed by atoms with E-state index in [0.717, 1.165) is 50.9 Å². The summed E-state index contributed by atoms with van der Waals surface area (Å²) in [6.45, 7) is 0.0218. The first-order valence-electron chi connectivity index (χ1n) is 15.3. The number of rotatable bonds is 0. The van der Waals surface area contributed by atoms with Crippen molar-refractivity contribution in [2.45, 2.75) is 0 Å². The largest absolute Gasteiger partial charge is 0.458 e. The SMILES string of the molecule is c1ccc2c(c1)Oc1cccc3c1B2c1cc2c(cc1O3)Oc1ccc3c4ccccc4n4c3c1B2c1c-4sc2ccccc12. The van der Waals surface area contributed by atoms with Crippen LogP contribution in [0, 0.1) is 0 Å². The highest BCUT2D eigenvalue weighted by Gasteiger charge is 2.46. The average molecular weight is 591 g/mol. The zero-order chi connectivity index (χ0) is 29.0. The fraction of sp³-hybridized carbons (Fsp3) is 0. The van der Waals surface area contributed by atoms with E-state index in [4.69, 9.17) is 14.2 Å². The van der Waals surface area contributed by atoms with Crippen LogP contribution in [0.4, 0.5) is 0 Å². The Balaban J connectivity index is 1.20. The summed E-state index contributed by atoms with van der Waals surface area (Å²) in [7, 11) is 0. The first-order valence-corrected chi connectivity index (χ1v) is 16.1. The molecule has 0 spiro atoms. The molecule has 0 fully saturated rings. The van der Waals surface area contributed by atoms with Gasteiger partial charge < -0.3 is 18.8 Å². The maximum atomic E-state index is 6.86. The summed E-state index contributed by atoms with van der Waals surface area (Å²) >= 11 is 1.89. The number of aromatic nitrogens is 1. The zero-order valence-electron chi connectivity index (χ0n) is 23.7. The summed E-state index contributed by atoms with van der Waals surface area (Å²) in [4.78, 5) is 0. The number of fused-ring (bicyclic) bond motifs is 14. The quantitative estimate of drug-likeness (QED) is 0.214. The van der Waals surface area contributed by atoms with Gasteiger partial charge in [-0.15, -0.1) is 11.3 Å². The molecular weight excluding hydrogens is 572 g/mol. The Morgan fingerprint density at radius 2 is 1.16 bits per heavy atom. The summed E-state index contributed by atoms with van der Waals surface area (Å²) < 4.78 is 23.7. The molecule has 4 nitrogen and oxygen atoms in total. The minimum Gasteiger partial charge on any atom is -0.458 e. The number of hydrogen-bond acceptors (Lipinski definition) is 4. The molecule has 0 saturated heterocycles. The second-order valence-electron chi connectivity index (χ2n) is 12.3. The molecule has 2 aromatic heterocycles. The van der Waals surface area contributed by atoms with Crippen LogP contribution in [0.25, 0.3) is 36.9 Å². The molecule has 7 heteroatoms. The van der Waals surface area contributed by atoms with E-state index in [1.165, 1.54) is 53.3 Å². The van der Waals surface area contributed by atoms with Crippen molar-refractivity contribution < 1.29 is 14.2 Å². The van der Waals surface area contributed by atoms with E-state index in [1.54, 1.807) is 0 Å². The molecule has 8 aromatic rings. The molecule has 0 radical (unpaired) electrons. The van der Waals surface area contributed by atoms with Crippen LogP contribution >= 0.6 is 11.3 Å². The van der Waals surface area contributed by atoms with Gasteiger partial charge in [-0.2, -0.15) is 0 Å². The fourth-order valence-electron chi connectivity index (χ4n) is 8.45. The number of ether oxygens (including phenoxy) is 3. The Morgan fingerprint density at radius 1 is 0.467 bits per heavy atom. The van der Waals surface area contributed by atoms with E-state index < -0.39 is 0 Å². The van der Waals surface area contributed by atoms with Crippen LogP contribution in [0.3, 0.4) is 0 Å². The van der Waals surface area contributed by atoms with Gasteiger partial charge >= 0.3 is 0 Å². The molecule has 0 atom stereocenters. The highest BCUT2D eigenvalue weighted by Crippen LogP contribution is 2.43. The van der Waals surface area contributed by atoms with Crippen molar-refractivity contribution >= 4 is 89.4 Å². The van der Waals surface area contributed by atoms with Gasteiger partial charge in [-0.3, -0.25) is 0 Å². The third-order valence-electron chi connectivity index (χ3n) is 10.2. The molecule has 12 rings (SSSR count). The van der Waals surface area contributed by atoms with Gasteiger partial charge in [0.15, 0.2) is 0 Å². The highest BCUT2D eigenvalue weighted by atomic mass is 32.1. The number of nitrogens with zero attached hydrogens (tertiary/aromatic N) is 1. The minimum atomic E-state index is 0.00104. The lowest BCUT2D eigenvalue weighted by molar-refractivity contribution is 0.456. The third kappa shape index (κ3) is 2.69. The molecule has 6 aromatic carbocycles. The van der Waals surface area contributed by atoms with E-state index >= 15 is 0 Å². The van der Waals surface area contributed by atoms with Crippen LogP contribution in [0.15, 0.2) is 115 Å². The minimum absolute atomic E-state index is 0.00104. The second-order valence-corrected chi connectivity index (χ2v) is 13.4. The van der Waals surface area contributed by atoms with Crippen molar-refractivity contribution in [1.29, 1.82) is 0 Å². The molecule has 4 aliphatic rings. The number of para-hydroxylation sites is 2. The van der Waals surface area contributed by atoms with E-state index in [0.29, 0.717) is 0 Å². The normalized spacial score (nSPS) is 14.2. The van der Waals surface area contributed by atoms with Gasteiger partial charge in [0.2, 0.25) is 0 Å². The molecule has 0 N–H and O–H groups in total. The van der Waals surface area contributed by atoms with E-state index in [1.807, 2.05) is 35.6 Å². The van der Waals surface area contributed by atoms with Gasteiger partial charge in [0, 0.05) is 27.0 Å². The first-order chi connectivity index (χ1) is 22.3. The lowest BCUT2D eigenvalue weighted by Crippen LogP contribution is -2.61. The van der Waals surface area contributed by atoms with Crippen molar-refractivity contribution in [1.82, 2.24) is 4.57 Å². The van der Waals surface area contributed by atoms with Crippen molar-refractivity contribution in [3.05, 3.63) is 115 Å². The highest BCUT2D eigenvalue weighted by molar-refractivity contribution is 7.25. The Bertz CT molecular complexity index is 2670. The van der Waals surface area contributed by atoms with Crippen LogP contribution in [-0.4, -0.2) is 18.0 Å². The van der Waals surface area contributed by atoms with Crippen LogP contribution < -0.4 is 47.0 Å². The number of thiophene rings is 1. The number of hydrogen-bond donors (Lipinski definition) is 0. The van der Waals surface area contributed by atoms with Gasteiger partial charge in [0.1, 0.15) is 34.5 Å². The molecular formula is C38H19B2NO3S. The lowest BCUT2D eigenvalue weighted by atomic mass is 9.31. The summed E-state index contributed by atoms with van der Waals surface area (Å²) in [6.07, 6.45) is 0. The first kappa shape index (κ1) is 23.1. The van der Waals surface area contributed by atoms with Crippen LogP contribution in [0.1, 0.15) is 0 Å². The smallest absolute Gasteiger partial charge is 0.260 e. The van der Waals surface area contributed by atoms with Crippen molar-refractivity contribution in [3.8, 4) is 39.5 Å². The molecule has 6 heterocycles. The Hall–Kier alpha value is -5.39. The van der Waals surface area contributed by atoms with Gasteiger partial charge in [-0.25, -0.2) is 0 Å². The van der Waals surface area contributed by atoms with Gasteiger partial charge in [0.05, 0.1) is 16.0 Å². The Labute approximate surface area is 262 Å². The predicted octanol–water partition coefficient (Wildman–Crippen LogP) is 5.66. The van der Waals surface area contributed by atoms with E-state index in [9.17, 15) is 0 Å². The molecule has 4 aliphatic heterocycles. The van der Waals surface area contributed by atoms with Gasteiger partial charge in [-0.05, 0) is 75.2 Å². The summed E-state index contributed by atoms with van der Waals surface area (Å²) in [5.74, 6) is 5.21. The second kappa shape index (κ2) is 7.81. The topological polar surface area (TPSA) is 32.6 Å². The van der Waals surface area contributed by atoms with Crippen molar-refractivity contribution in [3.63, 3.8) is 0 Å². The average Bonchev–Trinajstić information content (AvgIpc) is 3.63. The van der Waals surface area contributed by atoms with E-state index in [-0.39, 0.29) is 13.4 Å². The molecule has 0 unspecified atom stereocenters. The maximum Gasteiger partial charge on any atom is 0.260 e. The third-order valence-corrected chi connectivity index (χ3v) is 11.4. The fourth-order valence-corrected chi connectivity index (χ4v) is 9.71. The Kier molecular flexibility index (Phi) is 4.00. The summed E-state index contributed by atoms with van der Waals surface area (Å²) in [5.41, 5.74) is 9.67. The standard InChI is InChI=1S/C38H19B2NO3S/c1-4-11-26-20(8-1)21-16-17-30-36-37(21)41(26)38-34(22-9-2-6-15-33(22)45-38)40(36)25-18-24-31(19-32(25)44-30)43-29-14-7-13-28-35(29)39(24)23-10-3-5-12-27(23)42-28/h1-19H. The van der Waals surface area contributed by atoms with Crippen LogP contribution in [-0.2, 0) is 0 Å². The number of benzene rings is 6. The van der Waals surface area contributed by atoms with Crippen LogP contribution in [0.5, 0.6) is 34.5 Å².